The van der Waals surface area contributed by atoms with Gasteiger partial charge in [-0.15, -0.1) is 0 Å². The van der Waals surface area contributed by atoms with E-state index < -0.39 is 10.0 Å². The third-order valence-corrected chi connectivity index (χ3v) is 5.77. The first-order valence-electron chi connectivity index (χ1n) is 6.62. The highest BCUT2D eigenvalue weighted by Gasteiger charge is 2.22. The number of sulfonamides is 1. The first kappa shape index (κ1) is 15.5. The van der Waals surface area contributed by atoms with E-state index in [1.54, 1.807) is 12.1 Å². The zero-order chi connectivity index (χ0) is 14.8. The summed E-state index contributed by atoms with van der Waals surface area (Å²) in [5, 5.41) is 9.27. The van der Waals surface area contributed by atoms with Crippen LogP contribution in [-0.4, -0.2) is 26.0 Å². The van der Waals surface area contributed by atoms with Crippen molar-refractivity contribution in [2.45, 2.75) is 41.9 Å². The van der Waals surface area contributed by atoms with Gasteiger partial charge in [0.1, 0.15) is 4.90 Å². The molecule has 5 N–H and O–H groups in total. The minimum absolute atomic E-state index is 0.0736. The summed E-state index contributed by atoms with van der Waals surface area (Å²) >= 11 is 1.90. The van der Waals surface area contributed by atoms with Crippen LogP contribution in [0.25, 0.3) is 0 Å². The fraction of sp³-hybridized carbons (Fsp3) is 0.538. The average molecular weight is 315 g/mol. The second-order valence-corrected chi connectivity index (χ2v) is 7.82. The molecular formula is C13H21N3O2S2. The van der Waals surface area contributed by atoms with Crippen molar-refractivity contribution in [3.63, 3.8) is 0 Å². The largest absolute Gasteiger partial charge is 0.399 e. The molecule has 0 aliphatic heterocycles. The topological polar surface area (TPSA) is 98.2 Å². The van der Waals surface area contributed by atoms with Crippen molar-refractivity contribution in [2.24, 2.45) is 5.14 Å². The summed E-state index contributed by atoms with van der Waals surface area (Å²) in [6.45, 7) is 0. The Kier molecular flexibility index (Phi) is 4.82. The average Bonchev–Trinajstić information content (AvgIpc) is 2.40. The summed E-state index contributed by atoms with van der Waals surface area (Å²) in [6, 6.07) is 5.08. The van der Waals surface area contributed by atoms with Crippen LogP contribution in [0.1, 0.15) is 25.7 Å². The van der Waals surface area contributed by atoms with Gasteiger partial charge in [0, 0.05) is 17.0 Å². The number of nitrogen functional groups attached to an aromatic ring is 1. The van der Waals surface area contributed by atoms with Gasteiger partial charge >= 0.3 is 0 Å². The number of nitrogens with two attached hydrogens (primary N) is 2. The molecule has 20 heavy (non-hydrogen) atoms. The molecule has 0 heterocycles. The molecule has 1 aromatic carbocycles. The third-order valence-electron chi connectivity index (χ3n) is 3.68. The van der Waals surface area contributed by atoms with E-state index in [1.807, 2.05) is 11.8 Å². The molecule has 1 aliphatic rings. The van der Waals surface area contributed by atoms with Crippen molar-refractivity contribution in [1.29, 1.82) is 0 Å². The first-order chi connectivity index (χ1) is 9.40. The van der Waals surface area contributed by atoms with Crippen LogP contribution >= 0.6 is 11.8 Å². The molecule has 0 unspecified atom stereocenters. The highest BCUT2D eigenvalue weighted by atomic mass is 32.2. The third kappa shape index (κ3) is 3.80. The predicted octanol–water partition coefficient (Wildman–Crippen LogP) is 2.00. The molecule has 1 aromatic rings. The van der Waals surface area contributed by atoms with Crippen LogP contribution in [0.3, 0.4) is 0 Å². The Morgan fingerprint density at radius 1 is 1.25 bits per heavy atom. The fourth-order valence-corrected chi connectivity index (χ4v) is 4.03. The summed E-state index contributed by atoms with van der Waals surface area (Å²) in [5.41, 5.74) is 6.59. The predicted molar refractivity (Wildman–Crippen MR) is 85.4 cm³/mol. The Hall–Kier alpha value is -0.920. The van der Waals surface area contributed by atoms with Gasteiger partial charge in [-0.05, 0) is 50.1 Å². The summed E-state index contributed by atoms with van der Waals surface area (Å²) in [7, 11) is -3.77. The van der Waals surface area contributed by atoms with Gasteiger partial charge < -0.3 is 11.1 Å². The number of hydrogen-bond acceptors (Lipinski definition) is 5. The highest BCUT2D eigenvalue weighted by Crippen LogP contribution is 2.30. The van der Waals surface area contributed by atoms with Gasteiger partial charge in [-0.25, -0.2) is 13.6 Å². The number of hydrogen-bond donors (Lipinski definition) is 3. The Morgan fingerprint density at radius 3 is 2.45 bits per heavy atom. The summed E-state index contributed by atoms with van der Waals surface area (Å²) in [5.74, 6) is 0. The first-order valence-corrected chi connectivity index (χ1v) is 9.45. The number of rotatable bonds is 4. The van der Waals surface area contributed by atoms with E-state index in [1.165, 1.54) is 6.07 Å². The van der Waals surface area contributed by atoms with E-state index in [0.717, 1.165) is 30.9 Å². The zero-order valence-corrected chi connectivity index (χ0v) is 13.1. The molecule has 0 amide bonds. The second kappa shape index (κ2) is 6.24. The summed E-state index contributed by atoms with van der Waals surface area (Å²) in [4.78, 5) is 0.0736. The number of anilines is 2. The van der Waals surface area contributed by atoms with Crippen molar-refractivity contribution in [2.75, 3.05) is 17.3 Å². The Labute approximate surface area is 124 Å². The molecule has 5 nitrogen and oxygen atoms in total. The molecule has 0 atom stereocenters. The number of primary sulfonamides is 1. The Morgan fingerprint density at radius 2 is 1.90 bits per heavy atom. The van der Waals surface area contributed by atoms with Gasteiger partial charge in [-0.1, -0.05) is 0 Å². The molecule has 2 rings (SSSR count). The lowest BCUT2D eigenvalue weighted by atomic mass is 9.95. The molecule has 1 fully saturated rings. The molecular weight excluding hydrogens is 294 g/mol. The van der Waals surface area contributed by atoms with Gasteiger partial charge in [0.05, 0.1) is 5.69 Å². The molecule has 1 aliphatic carbocycles. The highest BCUT2D eigenvalue weighted by molar-refractivity contribution is 7.99. The normalized spacial score (nSPS) is 23.5. The van der Waals surface area contributed by atoms with Crippen LogP contribution in [0, 0.1) is 0 Å². The monoisotopic (exact) mass is 315 g/mol. The van der Waals surface area contributed by atoms with E-state index in [4.69, 9.17) is 10.9 Å². The fourth-order valence-electron chi connectivity index (χ4n) is 2.56. The quantitative estimate of drug-likeness (QED) is 0.738. The van der Waals surface area contributed by atoms with Crippen molar-refractivity contribution < 1.29 is 8.42 Å². The van der Waals surface area contributed by atoms with Crippen LogP contribution in [0.4, 0.5) is 11.4 Å². The standard InChI is InChI=1S/C13H21N3O2S2/c1-19-11-5-3-10(4-6-11)16-12-7-2-9(14)8-13(12)20(15,17)18/h2,7-8,10-11,16H,3-6,14H2,1H3,(H2,15,17,18). The van der Waals surface area contributed by atoms with Crippen LogP contribution < -0.4 is 16.2 Å². The molecule has 1 saturated carbocycles. The van der Waals surface area contributed by atoms with Gasteiger partial charge in [0.15, 0.2) is 0 Å². The van der Waals surface area contributed by atoms with Crippen molar-refractivity contribution in [1.82, 2.24) is 0 Å². The van der Waals surface area contributed by atoms with E-state index in [9.17, 15) is 8.42 Å². The molecule has 0 radical (unpaired) electrons. The Balaban J connectivity index is 2.14. The summed E-state index contributed by atoms with van der Waals surface area (Å²) in [6.07, 6.45) is 6.52. The number of nitrogens with one attached hydrogen (secondary N) is 1. The SMILES string of the molecule is CSC1CCC(Nc2ccc(N)cc2S(N)(=O)=O)CC1. The minimum atomic E-state index is -3.77. The zero-order valence-electron chi connectivity index (χ0n) is 11.5. The number of thioether (sulfide) groups is 1. The van der Waals surface area contributed by atoms with Crippen molar-refractivity contribution in [3.05, 3.63) is 18.2 Å². The lowest BCUT2D eigenvalue weighted by Crippen LogP contribution is -2.28. The van der Waals surface area contributed by atoms with Gasteiger partial charge in [-0.3, -0.25) is 0 Å². The molecule has 0 aromatic heterocycles. The van der Waals surface area contributed by atoms with Crippen LogP contribution in [0.2, 0.25) is 0 Å². The number of benzene rings is 1. The van der Waals surface area contributed by atoms with Crippen molar-refractivity contribution in [3.8, 4) is 0 Å². The van der Waals surface area contributed by atoms with E-state index >= 15 is 0 Å². The van der Waals surface area contributed by atoms with E-state index in [2.05, 4.69) is 11.6 Å². The smallest absolute Gasteiger partial charge is 0.240 e. The molecule has 0 saturated heterocycles. The van der Waals surface area contributed by atoms with Gasteiger partial charge in [0.25, 0.3) is 0 Å². The Bertz CT molecular complexity index is 567. The summed E-state index contributed by atoms with van der Waals surface area (Å²) < 4.78 is 23.2. The van der Waals surface area contributed by atoms with E-state index in [0.29, 0.717) is 17.4 Å². The molecule has 0 spiro atoms. The van der Waals surface area contributed by atoms with Crippen LogP contribution in [-0.2, 0) is 10.0 Å². The van der Waals surface area contributed by atoms with Crippen LogP contribution in [0.5, 0.6) is 0 Å². The second-order valence-electron chi connectivity index (χ2n) is 5.15. The van der Waals surface area contributed by atoms with Crippen molar-refractivity contribution >= 4 is 33.2 Å². The lowest BCUT2D eigenvalue weighted by molar-refractivity contribution is 0.472. The van der Waals surface area contributed by atoms with Gasteiger partial charge in [0.2, 0.25) is 10.0 Å². The van der Waals surface area contributed by atoms with E-state index in [-0.39, 0.29) is 4.90 Å². The minimum Gasteiger partial charge on any atom is -0.399 e. The maximum atomic E-state index is 11.6. The van der Waals surface area contributed by atoms with Crippen LogP contribution in [0.15, 0.2) is 23.1 Å². The molecule has 112 valence electrons. The van der Waals surface area contributed by atoms with Gasteiger partial charge in [-0.2, -0.15) is 11.8 Å². The molecule has 0 bridgehead atoms. The molecule has 7 heteroatoms. The maximum Gasteiger partial charge on any atom is 0.240 e. The lowest BCUT2D eigenvalue weighted by Gasteiger charge is -2.29. The maximum absolute atomic E-state index is 11.6.